The second kappa shape index (κ2) is 10.2. The zero-order valence-electron chi connectivity index (χ0n) is 25.6. The molecule has 0 radical (unpaired) electrons. The first-order valence-corrected chi connectivity index (χ1v) is 16.2. The van der Waals surface area contributed by atoms with Gasteiger partial charge in [0.1, 0.15) is 11.2 Å². The second-order valence-electron chi connectivity index (χ2n) is 12.4. The van der Waals surface area contributed by atoms with Crippen LogP contribution >= 0.6 is 0 Å². The fraction of sp³-hybridized carbons (Fsp3) is 0. The van der Waals surface area contributed by atoms with Crippen LogP contribution in [0.25, 0.3) is 98.4 Å². The summed E-state index contributed by atoms with van der Waals surface area (Å²) in [4.78, 5) is 0. The Morgan fingerprint density at radius 1 is 0.255 bits per heavy atom. The molecule has 0 fully saturated rings. The number of hydrogen-bond donors (Lipinski definition) is 0. The number of fused-ring (bicyclic) bond motifs is 7. The fourth-order valence-electron chi connectivity index (χ4n) is 7.77. The van der Waals surface area contributed by atoms with E-state index in [4.69, 9.17) is 4.42 Å². The Balaban J connectivity index is 1.21. The van der Waals surface area contributed by atoms with Crippen molar-refractivity contribution in [1.82, 2.24) is 0 Å². The number of furan rings is 1. The second-order valence-corrected chi connectivity index (χ2v) is 12.4. The van der Waals surface area contributed by atoms with E-state index in [9.17, 15) is 0 Å². The summed E-state index contributed by atoms with van der Waals surface area (Å²) in [6.07, 6.45) is 0. The number of benzene rings is 9. The van der Waals surface area contributed by atoms with Crippen LogP contribution in [0.4, 0.5) is 0 Å². The molecule has 0 aliphatic rings. The molecule has 0 aliphatic heterocycles. The normalized spacial score (nSPS) is 11.8. The van der Waals surface area contributed by atoms with Gasteiger partial charge in [0.25, 0.3) is 0 Å². The first kappa shape index (κ1) is 26.1. The van der Waals surface area contributed by atoms with E-state index >= 15 is 0 Å². The first-order chi connectivity index (χ1) is 23.3. The van der Waals surface area contributed by atoms with Gasteiger partial charge in [-0.15, -0.1) is 0 Å². The van der Waals surface area contributed by atoms with Gasteiger partial charge in [-0.25, -0.2) is 0 Å². The average molecular weight is 597 g/mol. The monoisotopic (exact) mass is 596 g/mol. The zero-order chi connectivity index (χ0) is 30.9. The predicted molar refractivity (Wildman–Crippen MR) is 200 cm³/mol. The van der Waals surface area contributed by atoms with Gasteiger partial charge in [-0.3, -0.25) is 0 Å². The Morgan fingerprint density at radius 3 is 1.34 bits per heavy atom. The van der Waals surface area contributed by atoms with E-state index in [-0.39, 0.29) is 0 Å². The lowest BCUT2D eigenvalue weighted by Crippen LogP contribution is -1.90. The quantitative estimate of drug-likeness (QED) is 0.185. The van der Waals surface area contributed by atoms with E-state index in [1.807, 2.05) is 0 Å². The van der Waals surface area contributed by atoms with E-state index in [2.05, 4.69) is 170 Å². The van der Waals surface area contributed by atoms with E-state index in [0.29, 0.717) is 0 Å². The molecule has 0 unspecified atom stereocenters. The van der Waals surface area contributed by atoms with Gasteiger partial charge in [0.15, 0.2) is 0 Å². The van der Waals surface area contributed by atoms with Crippen molar-refractivity contribution in [2.45, 2.75) is 0 Å². The van der Waals surface area contributed by atoms with Gasteiger partial charge >= 0.3 is 0 Å². The van der Waals surface area contributed by atoms with Crippen LogP contribution in [0.3, 0.4) is 0 Å². The third kappa shape index (κ3) is 3.97. The molecule has 218 valence electrons. The fourth-order valence-corrected chi connectivity index (χ4v) is 7.77. The van der Waals surface area contributed by atoms with Gasteiger partial charge < -0.3 is 4.42 Å². The van der Waals surface area contributed by atoms with Gasteiger partial charge in [0.2, 0.25) is 0 Å². The maximum Gasteiger partial charge on any atom is 0.136 e. The minimum atomic E-state index is 0.901. The van der Waals surface area contributed by atoms with E-state index < -0.39 is 0 Å². The van der Waals surface area contributed by atoms with Crippen molar-refractivity contribution in [2.24, 2.45) is 0 Å². The summed E-state index contributed by atoms with van der Waals surface area (Å²) in [5.41, 5.74) is 9.18. The molecule has 0 amide bonds. The molecule has 1 heterocycles. The third-order valence-electron chi connectivity index (χ3n) is 9.81. The van der Waals surface area contributed by atoms with Crippen molar-refractivity contribution >= 4 is 65.0 Å². The van der Waals surface area contributed by atoms with Gasteiger partial charge in [-0.2, -0.15) is 0 Å². The van der Waals surface area contributed by atoms with Crippen molar-refractivity contribution < 1.29 is 4.42 Å². The zero-order valence-corrected chi connectivity index (χ0v) is 25.6. The highest BCUT2D eigenvalue weighted by Crippen LogP contribution is 2.45. The summed E-state index contributed by atoms with van der Waals surface area (Å²) in [6, 6.07) is 61.5. The largest absolute Gasteiger partial charge is 0.456 e. The average Bonchev–Trinajstić information content (AvgIpc) is 3.50. The van der Waals surface area contributed by atoms with Crippen LogP contribution in [0.5, 0.6) is 0 Å². The van der Waals surface area contributed by atoms with Crippen LogP contribution < -0.4 is 0 Å². The Hall–Kier alpha value is -6.18. The topological polar surface area (TPSA) is 13.1 Å². The van der Waals surface area contributed by atoms with Gasteiger partial charge in [0.05, 0.1) is 0 Å². The summed E-state index contributed by atoms with van der Waals surface area (Å²) in [5.74, 6) is 0. The van der Waals surface area contributed by atoms with Crippen molar-refractivity contribution in [3.05, 3.63) is 170 Å². The van der Waals surface area contributed by atoms with Crippen molar-refractivity contribution in [1.29, 1.82) is 0 Å². The Bertz CT molecular complexity index is 2730. The molecule has 1 nitrogen and oxygen atoms in total. The van der Waals surface area contributed by atoms with Crippen LogP contribution in [0, 0.1) is 0 Å². The standard InChI is InChI=1S/C46H28O/c1-2-12-29(13-3-1)44-37-18-8-10-20-39(37)46(40-21-11-9-19-38(40)44)32-23-25-42-41(27-32)36-24-22-33(28-43(36)47-42)45-34-16-6-4-14-30(34)26-31-15-5-7-17-35(31)45/h1-28H. The molecule has 0 saturated heterocycles. The minimum absolute atomic E-state index is 0.901. The number of rotatable bonds is 3. The summed E-state index contributed by atoms with van der Waals surface area (Å²) >= 11 is 0. The predicted octanol–water partition coefficient (Wildman–Crippen LogP) is 13.2. The number of hydrogen-bond acceptors (Lipinski definition) is 1. The molecule has 9 aromatic carbocycles. The summed E-state index contributed by atoms with van der Waals surface area (Å²) < 4.78 is 6.58. The molecule has 47 heavy (non-hydrogen) atoms. The Kier molecular flexibility index (Phi) is 5.64. The van der Waals surface area contributed by atoms with Crippen LogP contribution in [0.1, 0.15) is 0 Å². The molecule has 0 spiro atoms. The van der Waals surface area contributed by atoms with E-state index in [1.54, 1.807) is 0 Å². The van der Waals surface area contributed by atoms with Crippen molar-refractivity contribution in [2.75, 3.05) is 0 Å². The first-order valence-electron chi connectivity index (χ1n) is 16.2. The van der Waals surface area contributed by atoms with Gasteiger partial charge in [-0.05, 0) is 107 Å². The van der Waals surface area contributed by atoms with Crippen LogP contribution in [-0.2, 0) is 0 Å². The molecule has 0 aliphatic carbocycles. The summed E-state index contributed by atoms with van der Waals surface area (Å²) in [6.45, 7) is 0. The molecule has 1 aromatic heterocycles. The minimum Gasteiger partial charge on any atom is -0.456 e. The van der Waals surface area contributed by atoms with Crippen molar-refractivity contribution in [3.8, 4) is 33.4 Å². The molecular formula is C46H28O. The highest BCUT2D eigenvalue weighted by molar-refractivity contribution is 6.22. The molecule has 0 saturated carbocycles. The summed E-state index contributed by atoms with van der Waals surface area (Å²) in [5, 5.41) is 12.3. The molecule has 0 bridgehead atoms. The van der Waals surface area contributed by atoms with E-state index in [1.165, 1.54) is 76.5 Å². The van der Waals surface area contributed by atoms with Gasteiger partial charge in [0, 0.05) is 10.8 Å². The van der Waals surface area contributed by atoms with Crippen LogP contribution in [0.2, 0.25) is 0 Å². The molecular weight excluding hydrogens is 569 g/mol. The molecule has 1 heteroatoms. The molecule has 0 atom stereocenters. The highest BCUT2D eigenvalue weighted by atomic mass is 16.3. The lowest BCUT2D eigenvalue weighted by atomic mass is 9.86. The Labute approximate surface area is 271 Å². The third-order valence-corrected chi connectivity index (χ3v) is 9.81. The SMILES string of the molecule is c1ccc(-c2c3ccccc3c(-c3ccc4oc5cc(-c6c7ccccc7cc7ccccc67)ccc5c4c3)c3ccccc23)cc1. The molecule has 10 aromatic rings. The van der Waals surface area contributed by atoms with Crippen LogP contribution in [-0.4, -0.2) is 0 Å². The Morgan fingerprint density at radius 2 is 0.723 bits per heavy atom. The van der Waals surface area contributed by atoms with Crippen LogP contribution in [0.15, 0.2) is 174 Å². The lowest BCUT2D eigenvalue weighted by Gasteiger charge is -2.17. The molecule has 10 rings (SSSR count). The highest BCUT2D eigenvalue weighted by Gasteiger charge is 2.18. The lowest BCUT2D eigenvalue weighted by molar-refractivity contribution is 0.669. The summed E-state index contributed by atoms with van der Waals surface area (Å²) in [7, 11) is 0. The van der Waals surface area contributed by atoms with E-state index in [0.717, 1.165) is 21.9 Å². The maximum atomic E-state index is 6.58. The van der Waals surface area contributed by atoms with Gasteiger partial charge in [-0.1, -0.05) is 140 Å². The smallest absolute Gasteiger partial charge is 0.136 e. The van der Waals surface area contributed by atoms with Crippen molar-refractivity contribution in [3.63, 3.8) is 0 Å². The maximum absolute atomic E-state index is 6.58. The molecule has 0 N–H and O–H groups in total.